The molecule has 3 aromatic rings. The van der Waals surface area contributed by atoms with Gasteiger partial charge in [0.15, 0.2) is 11.4 Å². The minimum absolute atomic E-state index is 0.0243. The Hall–Kier alpha value is -5.64. The van der Waals surface area contributed by atoms with E-state index in [-0.39, 0.29) is 35.5 Å². The average molecular weight is 603 g/mol. The van der Waals surface area contributed by atoms with Gasteiger partial charge in [0.05, 0.1) is 5.69 Å². The first kappa shape index (κ1) is 29.4. The Morgan fingerprint density at radius 3 is 2.58 bits per heavy atom. The van der Waals surface area contributed by atoms with Crippen molar-refractivity contribution in [3.05, 3.63) is 106 Å². The first-order valence-corrected chi connectivity index (χ1v) is 14.8. The Morgan fingerprint density at radius 2 is 1.82 bits per heavy atom. The van der Waals surface area contributed by atoms with Crippen molar-refractivity contribution in [3.63, 3.8) is 0 Å². The summed E-state index contributed by atoms with van der Waals surface area (Å²) in [4.78, 5) is 29.1. The standard InChI is InChI=1S/C35H34N6O4/c1-21-5-4-16-40(20-21)35(38)41(34(36)37)23-10-8-22(9-11-23)19-39-33(44)27-7-3-2-6-26(27)32-28-14-12-24(42)17-30(28)45-31-18-25(43)13-15-29(31)32/h2-3,6-15,17-18,21,38,42H,4-5,16,19-20H2,1H3,(H3,36,37)(H,39,44). The molecule has 3 aromatic carbocycles. The number of rotatable bonds is 5. The molecular formula is C35H34N6O4. The normalized spacial score (nSPS) is 14.8. The van der Waals surface area contributed by atoms with Gasteiger partial charge in [0, 0.05) is 53.8 Å². The molecule has 10 heteroatoms. The van der Waals surface area contributed by atoms with Gasteiger partial charge >= 0.3 is 0 Å². The summed E-state index contributed by atoms with van der Waals surface area (Å²) in [6.07, 6.45) is 2.11. The van der Waals surface area contributed by atoms with Crippen LogP contribution < -0.4 is 21.4 Å². The van der Waals surface area contributed by atoms with Crippen molar-refractivity contribution in [1.82, 2.24) is 10.2 Å². The first-order valence-electron chi connectivity index (χ1n) is 14.8. The Labute approximate surface area is 260 Å². The number of amides is 1. The molecule has 228 valence electrons. The fourth-order valence-corrected chi connectivity index (χ4v) is 5.99. The number of phenolic OH excluding ortho intramolecular Hbond substituents is 1. The highest BCUT2D eigenvalue weighted by Gasteiger charge is 2.26. The maximum absolute atomic E-state index is 13.6. The molecule has 1 unspecified atom stereocenters. The molecule has 45 heavy (non-hydrogen) atoms. The number of carbonyl (C=O) groups is 1. The van der Waals surface area contributed by atoms with Gasteiger partial charge in [-0.05, 0) is 72.4 Å². The summed E-state index contributed by atoms with van der Waals surface area (Å²) in [7, 11) is 0. The summed E-state index contributed by atoms with van der Waals surface area (Å²) in [5.74, 6) is 0.512. The Kier molecular flexibility index (Phi) is 7.95. The second kappa shape index (κ2) is 12.2. The maximum atomic E-state index is 13.6. The van der Waals surface area contributed by atoms with E-state index in [1.54, 1.807) is 42.5 Å². The Bertz CT molecular complexity index is 1950. The molecule has 1 atom stereocenters. The smallest absolute Gasteiger partial charge is 0.252 e. The van der Waals surface area contributed by atoms with E-state index in [0.29, 0.717) is 45.0 Å². The number of benzene rings is 4. The van der Waals surface area contributed by atoms with Crippen molar-refractivity contribution in [2.45, 2.75) is 26.3 Å². The van der Waals surface area contributed by atoms with Gasteiger partial charge in [0.1, 0.15) is 17.1 Å². The fourth-order valence-electron chi connectivity index (χ4n) is 5.99. The molecule has 3 aliphatic rings. The van der Waals surface area contributed by atoms with Gasteiger partial charge in [-0.15, -0.1) is 0 Å². The minimum atomic E-state index is -0.289. The monoisotopic (exact) mass is 602 g/mol. The van der Waals surface area contributed by atoms with Crippen LogP contribution in [0, 0.1) is 16.7 Å². The average Bonchev–Trinajstić information content (AvgIpc) is 3.03. The van der Waals surface area contributed by atoms with E-state index in [1.807, 2.05) is 29.2 Å². The van der Waals surface area contributed by atoms with Crippen LogP contribution in [0.1, 0.15) is 35.7 Å². The van der Waals surface area contributed by atoms with Gasteiger partial charge in [-0.2, -0.15) is 0 Å². The second-order valence-corrected chi connectivity index (χ2v) is 11.4. The minimum Gasteiger partial charge on any atom is -0.508 e. The van der Waals surface area contributed by atoms with Crippen LogP contribution in [0.4, 0.5) is 5.69 Å². The number of hydrogen-bond donors (Lipinski definition) is 5. The lowest BCUT2D eigenvalue weighted by molar-refractivity contribution is 0.0951. The van der Waals surface area contributed by atoms with Crippen LogP contribution in [0.25, 0.3) is 33.4 Å². The maximum Gasteiger partial charge on any atom is 0.252 e. The van der Waals surface area contributed by atoms with Gasteiger partial charge in [-0.1, -0.05) is 37.3 Å². The number of nitrogens with two attached hydrogens (primary N) is 1. The number of fused-ring (bicyclic) bond motifs is 2. The molecule has 1 fully saturated rings. The highest BCUT2D eigenvalue weighted by Crippen LogP contribution is 2.41. The van der Waals surface area contributed by atoms with Crippen molar-refractivity contribution in [3.8, 4) is 28.2 Å². The van der Waals surface area contributed by atoms with Gasteiger partial charge in [-0.25, -0.2) is 0 Å². The number of aromatic hydroxyl groups is 1. The van der Waals surface area contributed by atoms with Crippen LogP contribution in [-0.2, 0) is 6.54 Å². The number of likely N-dealkylation sites (tertiary alicyclic amines) is 1. The zero-order chi connectivity index (χ0) is 31.7. The van der Waals surface area contributed by atoms with Crippen molar-refractivity contribution in [2.24, 2.45) is 11.7 Å². The molecule has 0 spiro atoms. The van der Waals surface area contributed by atoms with Crippen LogP contribution >= 0.6 is 0 Å². The van der Waals surface area contributed by atoms with Crippen LogP contribution in [0.5, 0.6) is 5.75 Å². The number of anilines is 1. The summed E-state index contributed by atoms with van der Waals surface area (Å²) in [5.41, 5.74) is 10.0. The Balaban J connectivity index is 1.25. The topological polar surface area (TPSA) is 160 Å². The summed E-state index contributed by atoms with van der Waals surface area (Å²) in [5, 5.41) is 30.7. The molecule has 1 saturated heterocycles. The van der Waals surface area contributed by atoms with E-state index < -0.39 is 0 Å². The molecule has 0 radical (unpaired) electrons. The number of piperidine rings is 1. The SMILES string of the molecule is CC1CCCN(C(=N)N(C(=N)N)c2ccc(CNC(=O)c3ccccc3-c3c4ccc(=O)cc-4oc4cc(O)ccc34)cc2)C1. The van der Waals surface area contributed by atoms with Crippen LogP contribution in [-0.4, -0.2) is 40.9 Å². The second-order valence-electron chi connectivity index (χ2n) is 11.4. The summed E-state index contributed by atoms with van der Waals surface area (Å²) < 4.78 is 5.97. The van der Waals surface area contributed by atoms with Gasteiger partial charge in [0.2, 0.25) is 5.96 Å². The predicted molar refractivity (Wildman–Crippen MR) is 176 cm³/mol. The molecule has 0 aromatic heterocycles. The van der Waals surface area contributed by atoms with Crippen molar-refractivity contribution < 1.29 is 14.3 Å². The molecule has 1 amide bonds. The largest absolute Gasteiger partial charge is 0.508 e. The highest BCUT2D eigenvalue weighted by molar-refractivity contribution is 6.14. The number of phenols is 1. The van der Waals surface area contributed by atoms with E-state index in [4.69, 9.17) is 21.0 Å². The van der Waals surface area contributed by atoms with Crippen LogP contribution in [0.15, 0.2) is 94.1 Å². The molecule has 2 aliphatic heterocycles. The van der Waals surface area contributed by atoms with Crippen molar-refractivity contribution in [1.29, 1.82) is 10.8 Å². The fraction of sp³-hybridized carbons (Fsp3) is 0.200. The van der Waals surface area contributed by atoms with Crippen LogP contribution in [0.3, 0.4) is 0 Å². The molecule has 0 bridgehead atoms. The summed E-state index contributed by atoms with van der Waals surface area (Å²) in [6.45, 7) is 3.91. The molecule has 10 nitrogen and oxygen atoms in total. The summed E-state index contributed by atoms with van der Waals surface area (Å²) >= 11 is 0. The molecular weight excluding hydrogens is 568 g/mol. The van der Waals surface area contributed by atoms with E-state index >= 15 is 0 Å². The zero-order valence-electron chi connectivity index (χ0n) is 24.8. The quantitative estimate of drug-likeness (QED) is 0.0999. The van der Waals surface area contributed by atoms with Crippen molar-refractivity contribution >= 4 is 34.5 Å². The number of nitrogens with zero attached hydrogens (tertiary/aromatic N) is 2. The zero-order valence-corrected chi connectivity index (χ0v) is 24.8. The van der Waals surface area contributed by atoms with E-state index in [1.165, 1.54) is 23.1 Å². The van der Waals surface area contributed by atoms with E-state index in [2.05, 4.69) is 12.2 Å². The molecule has 1 aliphatic carbocycles. The van der Waals surface area contributed by atoms with Gasteiger partial charge in [0.25, 0.3) is 5.91 Å². The van der Waals surface area contributed by atoms with Gasteiger partial charge in [-0.3, -0.25) is 25.3 Å². The molecule has 0 saturated carbocycles. The van der Waals surface area contributed by atoms with E-state index in [0.717, 1.165) is 37.1 Å². The third kappa shape index (κ3) is 5.95. The number of nitrogens with one attached hydrogen (secondary N) is 3. The lowest BCUT2D eigenvalue weighted by Gasteiger charge is -2.37. The highest BCUT2D eigenvalue weighted by atomic mass is 16.3. The lowest BCUT2D eigenvalue weighted by Crippen LogP contribution is -2.52. The van der Waals surface area contributed by atoms with Gasteiger partial charge < -0.3 is 25.5 Å². The number of guanidine groups is 2. The first-order chi connectivity index (χ1) is 21.7. The molecule has 6 N–H and O–H groups in total. The van der Waals surface area contributed by atoms with E-state index in [9.17, 15) is 14.7 Å². The predicted octanol–water partition coefficient (Wildman–Crippen LogP) is 5.57. The Morgan fingerprint density at radius 1 is 1.04 bits per heavy atom. The number of hydrogen-bond acceptors (Lipinski definition) is 6. The third-order valence-electron chi connectivity index (χ3n) is 8.17. The number of carbonyl (C=O) groups excluding carboxylic acids is 1. The summed E-state index contributed by atoms with van der Waals surface area (Å²) in [6, 6.07) is 23.8. The molecule has 2 heterocycles. The van der Waals surface area contributed by atoms with Crippen LogP contribution in [0.2, 0.25) is 0 Å². The van der Waals surface area contributed by atoms with Crippen molar-refractivity contribution in [2.75, 3.05) is 18.0 Å². The third-order valence-corrected chi connectivity index (χ3v) is 8.17. The lowest BCUT2D eigenvalue weighted by atomic mass is 9.90. The molecule has 6 rings (SSSR count).